The number of pyridine rings is 1. The van der Waals surface area contributed by atoms with Crippen LogP contribution in [0.3, 0.4) is 0 Å². The van der Waals surface area contributed by atoms with Crippen LogP contribution in [0.4, 0.5) is 4.39 Å². The molecule has 1 N–H and O–H groups in total. The quantitative estimate of drug-likeness (QED) is 0.661. The summed E-state index contributed by atoms with van der Waals surface area (Å²) in [6.07, 6.45) is 2.62. The maximum absolute atomic E-state index is 14.5. The Morgan fingerprint density at radius 1 is 1.07 bits per heavy atom. The molecule has 0 aliphatic carbocycles. The summed E-state index contributed by atoms with van der Waals surface area (Å²) in [5.41, 5.74) is 1.69. The highest BCUT2D eigenvalue weighted by Gasteiger charge is 2.20. The van der Waals surface area contributed by atoms with E-state index in [0.29, 0.717) is 11.1 Å². The topological polar surface area (TPSA) is 76.1 Å². The number of benzene rings is 2. The zero-order valence-electron chi connectivity index (χ0n) is 14.5. The van der Waals surface area contributed by atoms with Gasteiger partial charge in [0.15, 0.2) is 5.78 Å². The highest BCUT2D eigenvalue weighted by atomic mass is 32.2. The maximum Gasteiger partial charge on any atom is 0.242 e. The second-order valence-corrected chi connectivity index (χ2v) is 7.72. The van der Waals surface area contributed by atoms with Gasteiger partial charge in [-0.25, -0.2) is 17.5 Å². The molecule has 3 rings (SSSR count). The molecule has 7 heteroatoms. The Labute approximate surface area is 156 Å². The number of nitrogens with one attached hydrogen (secondary N) is 1. The Morgan fingerprint density at radius 2 is 1.81 bits per heavy atom. The molecule has 0 aliphatic heterocycles. The molecule has 0 bridgehead atoms. The molecular weight excluding hydrogens is 367 g/mol. The van der Waals surface area contributed by atoms with Crippen molar-refractivity contribution in [3.8, 4) is 11.1 Å². The first kappa shape index (κ1) is 18.9. The van der Waals surface area contributed by atoms with E-state index in [-0.39, 0.29) is 10.5 Å². The molecule has 5 nitrogen and oxygen atoms in total. The van der Waals surface area contributed by atoms with Crippen molar-refractivity contribution in [3.63, 3.8) is 0 Å². The second-order valence-electron chi connectivity index (χ2n) is 5.96. The fraction of sp³-hybridized carbons (Fsp3) is 0.100. The predicted molar refractivity (Wildman–Crippen MR) is 100 cm³/mol. The Morgan fingerprint density at radius 3 is 2.48 bits per heavy atom. The number of aromatic nitrogens is 1. The van der Waals surface area contributed by atoms with Crippen LogP contribution in [-0.4, -0.2) is 25.7 Å². The van der Waals surface area contributed by atoms with Gasteiger partial charge in [-0.2, -0.15) is 0 Å². The molecular formula is C20H17FN2O3S. The van der Waals surface area contributed by atoms with Crippen LogP contribution in [0, 0.1) is 12.7 Å². The fourth-order valence-corrected chi connectivity index (χ4v) is 3.56. The normalized spacial score (nSPS) is 11.3. The summed E-state index contributed by atoms with van der Waals surface area (Å²) in [6, 6.07) is 15.2. The molecule has 138 valence electrons. The standard InChI is InChI=1S/C20H17FN2O3S/c1-14-10-16(15-6-3-2-4-7-15)11-18(20(14)21)19(24)13-23-27(25,26)17-8-5-9-22-12-17/h2-12,23H,13H2,1H3. The lowest BCUT2D eigenvalue weighted by molar-refractivity contribution is 0.0993. The van der Waals surface area contributed by atoms with Crippen molar-refractivity contribution in [1.29, 1.82) is 0 Å². The summed E-state index contributed by atoms with van der Waals surface area (Å²) in [5, 5.41) is 0. The number of carbonyl (C=O) groups excluding carboxylic acids is 1. The van der Waals surface area contributed by atoms with Crippen LogP contribution in [0.1, 0.15) is 15.9 Å². The van der Waals surface area contributed by atoms with Crippen LogP contribution in [-0.2, 0) is 10.0 Å². The van der Waals surface area contributed by atoms with Gasteiger partial charge < -0.3 is 0 Å². The van der Waals surface area contributed by atoms with Crippen molar-refractivity contribution in [1.82, 2.24) is 9.71 Å². The molecule has 0 aliphatic rings. The highest BCUT2D eigenvalue weighted by Crippen LogP contribution is 2.25. The number of Topliss-reactive ketones (excluding diaryl/α,β-unsaturated/α-hetero) is 1. The zero-order chi connectivity index (χ0) is 19.4. The maximum atomic E-state index is 14.5. The van der Waals surface area contributed by atoms with E-state index in [1.54, 1.807) is 13.0 Å². The van der Waals surface area contributed by atoms with Crippen molar-refractivity contribution < 1.29 is 17.6 Å². The SMILES string of the molecule is Cc1cc(-c2ccccc2)cc(C(=O)CNS(=O)(=O)c2cccnc2)c1F. The van der Waals surface area contributed by atoms with Gasteiger partial charge in [-0.1, -0.05) is 30.3 Å². The summed E-state index contributed by atoms with van der Waals surface area (Å²) >= 11 is 0. The predicted octanol–water partition coefficient (Wildman–Crippen LogP) is 3.36. The van der Waals surface area contributed by atoms with Gasteiger partial charge >= 0.3 is 0 Å². The molecule has 0 radical (unpaired) electrons. The molecule has 0 fully saturated rings. The number of rotatable bonds is 6. The summed E-state index contributed by atoms with van der Waals surface area (Å²) in [4.78, 5) is 16.2. The first-order valence-electron chi connectivity index (χ1n) is 8.17. The number of carbonyl (C=O) groups is 1. The third-order valence-corrected chi connectivity index (χ3v) is 5.42. The minimum absolute atomic E-state index is 0.0625. The van der Waals surface area contributed by atoms with Gasteiger partial charge in [0.05, 0.1) is 12.1 Å². The smallest absolute Gasteiger partial charge is 0.242 e. The van der Waals surface area contributed by atoms with Crippen molar-refractivity contribution in [3.05, 3.63) is 83.9 Å². The number of ketones is 1. The Kier molecular flexibility index (Phi) is 5.43. The average molecular weight is 384 g/mol. The van der Waals surface area contributed by atoms with Crippen LogP contribution in [0.5, 0.6) is 0 Å². The van der Waals surface area contributed by atoms with E-state index in [1.807, 2.05) is 30.3 Å². The third kappa shape index (κ3) is 4.27. The van der Waals surface area contributed by atoms with Crippen molar-refractivity contribution in [2.45, 2.75) is 11.8 Å². The van der Waals surface area contributed by atoms with Crippen LogP contribution in [0.2, 0.25) is 0 Å². The van der Waals surface area contributed by atoms with Crippen LogP contribution in [0.15, 0.2) is 71.9 Å². The van der Waals surface area contributed by atoms with E-state index in [4.69, 9.17) is 0 Å². The summed E-state index contributed by atoms with van der Waals surface area (Å²) in [6.45, 7) is 1.02. The Bertz CT molecular complexity index is 1070. The van der Waals surface area contributed by atoms with Gasteiger partial charge in [0, 0.05) is 12.4 Å². The van der Waals surface area contributed by atoms with E-state index in [2.05, 4.69) is 9.71 Å². The summed E-state index contributed by atoms with van der Waals surface area (Å²) < 4.78 is 41.1. The number of hydrogen-bond acceptors (Lipinski definition) is 4. The van der Waals surface area contributed by atoms with Gasteiger partial charge in [0.25, 0.3) is 0 Å². The van der Waals surface area contributed by atoms with Gasteiger partial charge in [-0.15, -0.1) is 0 Å². The lowest BCUT2D eigenvalue weighted by atomic mass is 9.98. The second kappa shape index (κ2) is 7.77. The molecule has 2 aromatic carbocycles. The number of aryl methyl sites for hydroxylation is 1. The van der Waals surface area contributed by atoms with Crippen LogP contribution < -0.4 is 4.72 Å². The van der Waals surface area contributed by atoms with Gasteiger partial charge in [-0.3, -0.25) is 9.78 Å². The zero-order valence-corrected chi connectivity index (χ0v) is 15.3. The van der Waals surface area contributed by atoms with Gasteiger partial charge in [0.1, 0.15) is 10.7 Å². The van der Waals surface area contributed by atoms with Crippen LogP contribution >= 0.6 is 0 Å². The monoisotopic (exact) mass is 384 g/mol. The van der Waals surface area contributed by atoms with E-state index in [0.717, 1.165) is 5.56 Å². The van der Waals surface area contributed by atoms with E-state index in [9.17, 15) is 17.6 Å². The molecule has 0 unspecified atom stereocenters. The number of sulfonamides is 1. The third-order valence-electron chi connectivity index (χ3n) is 4.03. The summed E-state index contributed by atoms with van der Waals surface area (Å²) in [5.74, 6) is -1.30. The molecule has 0 saturated heterocycles. The lowest BCUT2D eigenvalue weighted by Gasteiger charge is -2.10. The van der Waals surface area contributed by atoms with E-state index < -0.39 is 28.2 Å². The minimum atomic E-state index is -3.90. The number of halogens is 1. The molecule has 0 spiro atoms. The fourth-order valence-electron chi connectivity index (χ4n) is 2.61. The molecule has 27 heavy (non-hydrogen) atoms. The molecule has 0 saturated carbocycles. The molecule has 1 aromatic heterocycles. The summed E-state index contributed by atoms with van der Waals surface area (Å²) in [7, 11) is -3.90. The Hall–Kier alpha value is -2.90. The largest absolute Gasteiger partial charge is 0.293 e. The minimum Gasteiger partial charge on any atom is -0.293 e. The lowest BCUT2D eigenvalue weighted by Crippen LogP contribution is -2.30. The molecule has 0 atom stereocenters. The van der Waals surface area contributed by atoms with Crippen molar-refractivity contribution in [2.75, 3.05) is 6.54 Å². The Balaban J connectivity index is 1.86. The molecule has 0 amide bonds. The number of nitrogens with zero attached hydrogens (tertiary/aromatic N) is 1. The van der Waals surface area contributed by atoms with Crippen LogP contribution in [0.25, 0.3) is 11.1 Å². The van der Waals surface area contributed by atoms with E-state index in [1.165, 1.54) is 30.6 Å². The molecule has 1 heterocycles. The molecule has 3 aromatic rings. The highest BCUT2D eigenvalue weighted by molar-refractivity contribution is 7.89. The average Bonchev–Trinajstić information content (AvgIpc) is 2.69. The van der Waals surface area contributed by atoms with Crippen molar-refractivity contribution >= 4 is 15.8 Å². The number of hydrogen-bond donors (Lipinski definition) is 1. The van der Waals surface area contributed by atoms with Gasteiger partial charge in [0.2, 0.25) is 10.0 Å². The van der Waals surface area contributed by atoms with Gasteiger partial charge in [-0.05, 0) is 47.9 Å². The first-order valence-corrected chi connectivity index (χ1v) is 9.65. The first-order chi connectivity index (χ1) is 12.9. The van der Waals surface area contributed by atoms with E-state index >= 15 is 0 Å². The van der Waals surface area contributed by atoms with Crippen molar-refractivity contribution in [2.24, 2.45) is 0 Å².